The van der Waals surface area contributed by atoms with E-state index >= 15 is 0 Å². The lowest BCUT2D eigenvalue weighted by molar-refractivity contribution is -0.144. The van der Waals surface area contributed by atoms with Crippen LogP contribution in [0.2, 0.25) is 0 Å². The van der Waals surface area contributed by atoms with Crippen LogP contribution in [0.5, 0.6) is 0 Å². The molecule has 1 N–H and O–H groups in total. The highest BCUT2D eigenvalue weighted by Crippen LogP contribution is 2.32. The molecule has 1 saturated heterocycles. The van der Waals surface area contributed by atoms with Gasteiger partial charge < -0.3 is 10.1 Å². The van der Waals surface area contributed by atoms with Crippen LogP contribution in [0.4, 0.5) is 0 Å². The van der Waals surface area contributed by atoms with E-state index in [4.69, 9.17) is 4.74 Å². The predicted molar refractivity (Wildman–Crippen MR) is 66.8 cm³/mol. The molecule has 2 fully saturated rings. The fraction of sp³-hybridized carbons (Fsp3) is 0.923. The number of nitrogens with one attached hydrogen (secondary N) is 1. The molecule has 4 heteroatoms. The zero-order chi connectivity index (χ0) is 12.3. The van der Waals surface area contributed by atoms with Gasteiger partial charge in [-0.25, -0.2) is 0 Å². The Morgan fingerprint density at radius 1 is 1.53 bits per heavy atom. The molecular weight excluding hydrogens is 216 g/mol. The standard InChI is InChI=1S/C13H24N2O2/c1-3-17-12(16)8-15(11-4-5-11)10-13(2)6-7-14-9-13/h11,14H,3-10H2,1-2H3. The lowest BCUT2D eigenvalue weighted by atomic mass is 9.89. The average molecular weight is 240 g/mol. The Labute approximate surface area is 104 Å². The summed E-state index contributed by atoms with van der Waals surface area (Å²) in [6.45, 7) is 8.32. The van der Waals surface area contributed by atoms with Gasteiger partial charge in [0.15, 0.2) is 0 Å². The van der Waals surface area contributed by atoms with Crippen LogP contribution in [0.15, 0.2) is 0 Å². The summed E-state index contributed by atoms with van der Waals surface area (Å²) in [4.78, 5) is 13.9. The molecule has 0 aromatic rings. The lowest BCUT2D eigenvalue weighted by Crippen LogP contribution is -2.41. The molecule has 1 saturated carbocycles. The third-order valence-electron chi connectivity index (χ3n) is 3.74. The molecule has 2 aliphatic rings. The van der Waals surface area contributed by atoms with E-state index in [1.54, 1.807) is 0 Å². The van der Waals surface area contributed by atoms with E-state index in [9.17, 15) is 4.79 Å². The second kappa shape index (κ2) is 5.36. The van der Waals surface area contributed by atoms with E-state index in [-0.39, 0.29) is 5.97 Å². The van der Waals surface area contributed by atoms with E-state index < -0.39 is 0 Å². The van der Waals surface area contributed by atoms with Crippen molar-refractivity contribution in [2.45, 2.75) is 39.2 Å². The van der Waals surface area contributed by atoms with Gasteiger partial charge in [0.25, 0.3) is 0 Å². The second-order valence-electron chi connectivity index (χ2n) is 5.68. The number of esters is 1. The number of hydrogen-bond donors (Lipinski definition) is 1. The van der Waals surface area contributed by atoms with Gasteiger partial charge in [-0.05, 0) is 38.1 Å². The smallest absolute Gasteiger partial charge is 0.320 e. The fourth-order valence-corrected chi connectivity index (χ4v) is 2.62. The Bertz CT molecular complexity index is 271. The Morgan fingerprint density at radius 2 is 2.29 bits per heavy atom. The quantitative estimate of drug-likeness (QED) is 0.704. The van der Waals surface area contributed by atoms with Gasteiger partial charge in [-0.15, -0.1) is 0 Å². The van der Waals surface area contributed by atoms with Crippen molar-refractivity contribution in [1.29, 1.82) is 0 Å². The van der Waals surface area contributed by atoms with Gasteiger partial charge in [-0.2, -0.15) is 0 Å². The molecule has 1 atom stereocenters. The molecule has 2 rings (SSSR count). The minimum absolute atomic E-state index is 0.0750. The Kier molecular flexibility index (Phi) is 4.05. The molecule has 98 valence electrons. The van der Waals surface area contributed by atoms with Crippen molar-refractivity contribution in [1.82, 2.24) is 10.2 Å². The van der Waals surface area contributed by atoms with Crippen LogP contribution in [0.1, 0.15) is 33.1 Å². The minimum Gasteiger partial charge on any atom is -0.465 e. The summed E-state index contributed by atoms with van der Waals surface area (Å²) in [6.07, 6.45) is 3.69. The van der Waals surface area contributed by atoms with Crippen LogP contribution < -0.4 is 5.32 Å². The Hall–Kier alpha value is -0.610. The molecule has 0 spiro atoms. The molecule has 0 aromatic carbocycles. The summed E-state index contributed by atoms with van der Waals surface area (Å²) in [7, 11) is 0. The largest absolute Gasteiger partial charge is 0.465 e. The van der Waals surface area contributed by atoms with E-state index in [1.165, 1.54) is 19.3 Å². The van der Waals surface area contributed by atoms with Crippen molar-refractivity contribution in [2.24, 2.45) is 5.41 Å². The number of carbonyl (C=O) groups excluding carboxylic acids is 1. The third kappa shape index (κ3) is 3.68. The van der Waals surface area contributed by atoms with Gasteiger partial charge in [0.1, 0.15) is 0 Å². The summed E-state index contributed by atoms with van der Waals surface area (Å²) in [5.41, 5.74) is 0.328. The zero-order valence-electron chi connectivity index (χ0n) is 11.0. The number of ether oxygens (including phenoxy) is 1. The van der Waals surface area contributed by atoms with Crippen molar-refractivity contribution < 1.29 is 9.53 Å². The SMILES string of the molecule is CCOC(=O)CN(CC1(C)CCNC1)C1CC1. The van der Waals surface area contributed by atoms with Crippen LogP contribution in [0.25, 0.3) is 0 Å². The molecule has 4 nitrogen and oxygen atoms in total. The highest BCUT2D eigenvalue weighted by atomic mass is 16.5. The molecular formula is C13H24N2O2. The first kappa shape index (κ1) is 12.8. The third-order valence-corrected chi connectivity index (χ3v) is 3.74. The summed E-state index contributed by atoms with van der Waals surface area (Å²) in [5, 5.41) is 3.41. The topological polar surface area (TPSA) is 41.6 Å². The van der Waals surface area contributed by atoms with Crippen LogP contribution in [-0.4, -0.2) is 49.7 Å². The van der Waals surface area contributed by atoms with Crippen LogP contribution in [-0.2, 0) is 9.53 Å². The first-order valence-corrected chi connectivity index (χ1v) is 6.73. The molecule has 0 bridgehead atoms. The van der Waals surface area contributed by atoms with E-state index in [0.717, 1.165) is 19.6 Å². The Balaban J connectivity index is 1.86. The first-order valence-electron chi connectivity index (χ1n) is 6.73. The molecule has 0 amide bonds. The van der Waals surface area contributed by atoms with Crippen molar-refractivity contribution >= 4 is 5.97 Å². The normalized spacial score (nSPS) is 28.6. The van der Waals surface area contributed by atoms with E-state index in [2.05, 4.69) is 17.1 Å². The maximum Gasteiger partial charge on any atom is 0.320 e. The van der Waals surface area contributed by atoms with Crippen molar-refractivity contribution in [3.05, 3.63) is 0 Å². The fourth-order valence-electron chi connectivity index (χ4n) is 2.62. The number of hydrogen-bond acceptors (Lipinski definition) is 4. The summed E-state index contributed by atoms with van der Waals surface area (Å²) in [6, 6.07) is 0.622. The highest BCUT2D eigenvalue weighted by Gasteiger charge is 2.37. The van der Waals surface area contributed by atoms with E-state index in [0.29, 0.717) is 24.6 Å². The van der Waals surface area contributed by atoms with Gasteiger partial charge in [0, 0.05) is 19.1 Å². The second-order valence-corrected chi connectivity index (χ2v) is 5.68. The zero-order valence-corrected chi connectivity index (χ0v) is 11.0. The van der Waals surface area contributed by atoms with Gasteiger partial charge in [0.2, 0.25) is 0 Å². The van der Waals surface area contributed by atoms with Crippen LogP contribution >= 0.6 is 0 Å². The Morgan fingerprint density at radius 3 is 2.82 bits per heavy atom. The molecule has 17 heavy (non-hydrogen) atoms. The van der Waals surface area contributed by atoms with Gasteiger partial charge in [-0.3, -0.25) is 9.69 Å². The number of nitrogens with zero attached hydrogens (tertiary/aromatic N) is 1. The summed E-state index contributed by atoms with van der Waals surface area (Å²) >= 11 is 0. The van der Waals surface area contributed by atoms with E-state index in [1.807, 2.05) is 6.92 Å². The van der Waals surface area contributed by atoms with Gasteiger partial charge >= 0.3 is 5.97 Å². The highest BCUT2D eigenvalue weighted by molar-refractivity contribution is 5.71. The number of carbonyl (C=O) groups is 1. The van der Waals surface area contributed by atoms with Crippen molar-refractivity contribution in [3.63, 3.8) is 0 Å². The minimum atomic E-state index is -0.0750. The lowest BCUT2D eigenvalue weighted by Gasteiger charge is -2.31. The maximum atomic E-state index is 11.6. The average Bonchev–Trinajstić information content (AvgIpc) is 3.02. The molecule has 0 aromatic heterocycles. The van der Waals surface area contributed by atoms with Gasteiger partial charge in [0.05, 0.1) is 13.2 Å². The molecule has 1 unspecified atom stereocenters. The summed E-state index contributed by atoms with van der Waals surface area (Å²) in [5.74, 6) is -0.0750. The molecule has 1 aliphatic heterocycles. The van der Waals surface area contributed by atoms with Crippen molar-refractivity contribution in [2.75, 3.05) is 32.8 Å². The first-order chi connectivity index (χ1) is 8.13. The van der Waals surface area contributed by atoms with Crippen LogP contribution in [0.3, 0.4) is 0 Å². The predicted octanol–water partition coefficient (Wildman–Crippen LogP) is 1.01. The summed E-state index contributed by atoms with van der Waals surface area (Å²) < 4.78 is 5.05. The van der Waals surface area contributed by atoms with Crippen molar-refractivity contribution in [3.8, 4) is 0 Å². The van der Waals surface area contributed by atoms with Crippen LogP contribution in [0, 0.1) is 5.41 Å². The molecule has 1 aliphatic carbocycles. The molecule has 0 radical (unpaired) electrons. The number of rotatable bonds is 6. The van der Waals surface area contributed by atoms with Gasteiger partial charge in [-0.1, -0.05) is 6.92 Å². The molecule has 1 heterocycles. The monoisotopic (exact) mass is 240 g/mol. The maximum absolute atomic E-state index is 11.6.